The van der Waals surface area contributed by atoms with E-state index in [1.165, 1.54) is 60.6 Å². The molecular weight excluding hydrogens is 553 g/mol. The van der Waals surface area contributed by atoms with E-state index in [1.54, 1.807) is 0 Å². The molecule has 0 saturated carbocycles. The van der Waals surface area contributed by atoms with Crippen molar-refractivity contribution in [2.24, 2.45) is 40.9 Å². The molecule has 0 fully saturated rings. The van der Waals surface area contributed by atoms with Gasteiger partial charge < -0.3 is 0 Å². The molecule has 0 nitrogen and oxygen atoms in total. The van der Waals surface area contributed by atoms with Gasteiger partial charge in [-0.25, -0.2) is 0 Å². The number of allylic oxidation sites excluding steroid dienone is 16. The number of benzene rings is 3. The standard InChI is InChI=1S/C46H40/c1-46(2,3)33-24-27-40-41(28-33)45(35-17-8-7-16-34(35)29-12-5-4-6-13-29)37-19-10-9-18-36(37)44(40)39-26-23-32-21-20-30-14-11-15-31-22-25-38(39)43(32)42(30)31/h4-28,30,32,40-43H,1-3H3. The van der Waals surface area contributed by atoms with Gasteiger partial charge in [0.25, 0.3) is 0 Å². The topological polar surface area (TPSA) is 0 Å². The van der Waals surface area contributed by atoms with E-state index in [1.807, 2.05) is 0 Å². The third-order valence-corrected chi connectivity index (χ3v) is 11.3. The molecule has 0 aromatic heterocycles. The molecular formula is C46H40. The molecule has 0 amide bonds. The Bertz CT molecular complexity index is 2140. The van der Waals surface area contributed by atoms with Crippen molar-refractivity contribution in [3.05, 3.63) is 190 Å². The summed E-state index contributed by atoms with van der Waals surface area (Å²) in [4.78, 5) is 0. The number of hydrogen-bond acceptors (Lipinski definition) is 0. The Morgan fingerprint density at radius 1 is 0.543 bits per heavy atom. The molecule has 0 aliphatic heterocycles. The van der Waals surface area contributed by atoms with Crippen molar-refractivity contribution in [3.63, 3.8) is 0 Å². The van der Waals surface area contributed by atoms with Gasteiger partial charge in [0.05, 0.1) is 0 Å². The molecule has 6 aliphatic carbocycles. The van der Waals surface area contributed by atoms with Crippen molar-refractivity contribution in [1.82, 2.24) is 0 Å². The Morgan fingerprint density at radius 3 is 2.02 bits per heavy atom. The van der Waals surface area contributed by atoms with Crippen LogP contribution in [-0.4, -0.2) is 0 Å². The lowest BCUT2D eigenvalue weighted by molar-refractivity contribution is 0.318. The van der Waals surface area contributed by atoms with Gasteiger partial charge in [-0.1, -0.05) is 173 Å². The predicted octanol–water partition coefficient (Wildman–Crippen LogP) is 9.46. The van der Waals surface area contributed by atoms with Crippen LogP contribution in [0.3, 0.4) is 0 Å². The van der Waals surface area contributed by atoms with Crippen molar-refractivity contribution in [1.29, 1.82) is 0 Å². The Hall–Kier alpha value is -4.68. The van der Waals surface area contributed by atoms with Crippen molar-refractivity contribution >= 4 is 11.1 Å². The summed E-state index contributed by atoms with van der Waals surface area (Å²) in [7, 11) is 0. The first kappa shape index (κ1) is 27.6. The molecule has 6 unspecified atom stereocenters. The second-order valence-corrected chi connectivity index (χ2v) is 14.8. The van der Waals surface area contributed by atoms with Gasteiger partial charge in [0.15, 0.2) is 0 Å². The molecule has 0 bridgehead atoms. The molecule has 0 spiro atoms. The molecule has 0 saturated heterocycles. The van der Waals surface area contributed by atoms with Crippen LogP contribution in [0.25, 0.3) is 22.3 Å². The van der Waals surface area contributed by atoms with E-state index >= 15 is 0 Å². The van der Waals surface area contributed by atoms with E-state index in [2.05, 4.69) is 173 Å². The maximum Gasteiger partial charge on any atom is 0.0140 e. The van der Waals surface area contributed by atoms with Gasteiger partial charge in [-0.3, -0.25) is 0 Å². The largest absolute Gasteiger partial charge is 0.0804 e. The maximum absolute atomic E-state index is 2.61. The summed E-state index contributed by atoms with van der Waals surface area (Å²) >= 11 is 0. The molecule has 3 aromatic rings. The highest BCUT2D eigenvalue weighted by atomic mass is 14.5. The highest BCUT2D eigenvalue weighted by Crippen LogP contribution is 2.54. The number of fused-ring (bicyclic) bond motifs is 2. The average molecular weight is 593 g/mol. The van der Waals surface area contributed by atoms with Crippen LogP contribution in [0.5, 0.6) is 0 Å². The van der Waals surface area contributed by atoms with E-state index in [-0.39, 0.29) is 17.3 Å². The van der Waals surface area contributed by atoms with Crippen molar-refractivity contribution in [2.75, 3.05) is 0 Å². The average Bonchev–Trinajstić information content (AvgIpc) is 3.09. The van der Waals surface area contributed by atoms with E-state index in [9.17, 15) is 0 Å². The van der Waals surface area contributed by atoms with Crippen LogP contribution >= 0.6 is 0 Å². The van der Waals surface area contributed by atoms with Gasteiger partial charge in [0.2, 0.25) is 0 Å². The zero-order valence-corrected chi connectivity index (χ0v) is 26.9. The van der Waals surface area contributed by atoms with Gasteiger partial charge in [0.1, 0.15) is 0 Å². The fourth-order valence-electron chi connectivity index (χ4n) is 9.13. The zero-order chi connectivity index (χ0) is 31.0. The Morgan fingerprint density at radius 2 is 1.24 bits per heavy atom. The first-order chi connectivity index (χ1) is 22.5. The fraction of sp³-hybridized carbons (Fsp3) is 0.217. The van der Waals surface area contributed by atoms with Crippen LogP contribution in [0.2, 0.25) is 0 Å². The molecule has 224 valence electrons. The SMILES string of the molecule is CC(C)(C)C1=CC2C(c3ccccc3-c3ccccc3)=c3ccccc3=C(C3=C4C=CC5=CC=CC6C=CC(C=C3)C4C56)C2C=C1. The first-order valence-electron chi connectivity index (χ1n) is 17.0. The van der Waals surface area contributed by atoms with Crippen LogP contribution < -0.4 is 10.4 Å². The summed E-state index contributed by atoms with van der Waals surface area (Å²) in [5.74, 6) is 2.40. The Labute approximate surface area is 273 Å². The molecule has 0 heteroatoms. The molecule has 0 heterocycles. The molecule has 6 atom stereocenters. The quantitative estimate of drug-likeness (QED) is 0.266. The van der Waals surface area contributed by atoms with Crippen molar-refractivity contribution in [2.45, 2.75) is 20.8 Å². The third kappa shape index (κ3) is 4.19. The minimum atomic E-state index is 0.0648. The summed E-state index contributed by atoms with van der Waals surface area (Å²) in [6, 6.07) is 29.2. The fourth-order valence-corrected chi connectivity index (χ4v) is 9.13. The summed E-state index contributed by atoms with van der Waals surface area (Å²) in [6.07, 6.45) is 29.4. The second-order valence-electron chi connectivity index (χ2n) is 14.8. The smallest absolute Gasteiger partial charge is 0.0140 e. The van der Waals surface area contributed by atoms with Crippen LogP contribution in [0.1, 0.15) is 26.3 Å². The lowest BCUT2D eigenvalue weighted by Gasteiger charge is -2.46. The third-order valence-electron chi connectivity index (χ3n) is 11.3. The highest BCUT2D eigenvalue weighted by molar-refractivity contribution is 5.88. The predicted molar refractivity (Wildman–Crippen MR) is 193 cm³/mol. The monoisotopic (exact) mass is 592 g/mol. The minimum absolute atomic E-state index is 0.0648. The molecule has 9 rings (SSSR count). The summed E-state index contributed by atoms with van der Waals surface area (Å²) in [5, 5.41) is 2.75. The second kappa shape index (κ2) is 10.4. The zero-order valence-electron chi connectivity index (χ0n) is 26.9. The van der Waals surface area contributed by atoms with E-state index < -0.39 is 0 Å². The minimum Gasteiger partial charge on any atom is -0.0804 e. The molecule has 46 heavy (non-hydrogen) atoms. The van der Waals surface area contributed by atoms with Gasteiger partial charge in [-0.2, -0.15) is 0 Å². The van der Waals surface area contributed by atoms with Gasteiger partial charge >= 0.3 is 0 Å². The summed E-state index contributed by atoms with van der Waals surface area (Å²) in [6.45, 7) is 7.04. The van der Waals surface area contributed by atoms with E-state index in [4.69, 9.17) is 0 Å². The van der Waals surface area contributed by atoms with E-state index in [0.717, 1.165) is 0 Å². The lowest BCUT2D eigenvalue weighted by atomic mass is 9.57. The van der Waals surface area contributed by atoms with Crippen LogP contribution in [0.15, 0.2) is 174 Å². The Kier molecular flexibility index (Phi) is 6.26. The molecule has 0 N–H and O–H groups in total. The normalized spacial score (nSPS) is 28.4. The lowest BCUT2D eigenvalue weighted by Crippen LogP contribution is -2.42. The van der Waals surface area contributed by atoms with Crippen molar-refractivity contribution in [3.8, 4) is 11.1 Å². The van der Waals surface area contributed by atoms with Gasteiger partial charge in [-0.05, 0) is 66.0 Å². The maximum atomic E-state index is 2.61. The molecule has 6 aliphatic rings. The Balaban J connectivity index is 1.36. The van der Waals surface area contributed by atoms with Gasteiger partial charge in [0, 0.05) is 35.5 Å². The first-order valence-corrected chi connectivity index (χ1v) is 17.0. The summed E-state index contributed by atoms with van der Waals surface area (Å²) < 4.78 is 0. The van der Waals surface area contributed by atoms with Crippen molar-refractivity contribution < 1.29 is 0 Å². The van der Waals surface area contributed by atoms with Crippen LogP contribution in [-0.2, 0) is 0 Å². The molecule has 3 aromatic carbocycles. The number of rotatable bonds is 3. The van der Waals surface area contributed by atoms with E-state index in [0.29, 0.717) is 23.7 Å². The highest BCUT2D eigenvalue weighted by Gasteiger charge is 2.44. The molecule has 0 radical (unpaired) electrons. The van der Waals surface area contributed by atoms with Gasteiger partial charge in [-0.15, -0.1) is 0 Å². The van der Waals surface area contributed by atoms with Crippen LogP contribution in [0, 0.1) is 40.9 Å². The number of hydrogen-bond donors (Lipinski definition) is 0. The van der Waals surface area contributed by atoms with Crippen LogP contribution in [0.4, 0.5) is 0 Å². The summed E-state index contributed by atoms with van der Waals surface area (Å²) in [5.41, 5.74) is 12.8.